The van der Waals surface area contributed by atoms with Gasteiger partial charge in [0, 0.05) is 0 Å². The molecule has 0 radical (unpaired) electrons. The van der Waals surface area contributed by atoms with Crippen LogP contribution >= 0.6 is 0 Å². The molecule has 0 unspecified atom stereocenters. The minimum absolute atomic E-state index is 5.20. The second-order valence-electron chi connectivity index (χ2n) is 7.58. The van der Waals surface area contributed by atoms with E-state index < -0.39 is 86.6 Å². The molecular formula is C13HF25O4S. The van der Waals surface area contributed by atoms with Crippen molar-refractivity contribution in [2.45, 2.75) is 70.4 Å². The zero-order chi connectivity index (χ0) is 36.1. The molecule has 0 aromatic carbocycles. The summed E-state index contributed by atoms with van der Waals surface area (Å²) >= 11 is 0. The Hall–Kier alpha value is -2.17. The van der Waals surface area contributed by atoms with Crippen molar-refractivity contribution in [2.24, 2.45) is 0 Å². The Morgan fingerprint density at radius 1 is 0.372 bits per heavy atom. The Morgan fingerprint density at radius 3 is 0.698 bits per heavy atom. The van der Waals surface area contributed by atoms with Crippen LogP contribution in [0.25, 0.3) is 0 Å². The fourth-order valence-electron chi connectivity index (χ4n) is 2.24. The van der Waals surface area contributed by atoms with Crippen molar-refractivity contribution >= 4 is 16.2 Å². The maximum absolute atomic E-state index is 13.6. The van der Waals surface area contributed by atoms with E-state index in [1.54, 1.807) is 0 Å². The lowest BCUT2D eigenvalue weighted by Crippen LogP contribution is -2.78. The molecule has 0 spiro atoms. The standard InChI is InChI=1S/C13HF25O4S/c14-1(39)2(15,16)3(17,18)4(19,20)5(21,22)6(23,24)7(25,26)8(27,28)9(29,30)10(31,32)11(33,34)12(35,36)13(37,38)43(40,41)42/h(H,40,41,42). The minimum atomic E-state index is -9.81. The molecule has 0 aliphatic carbocycles. The van der Waals surface area contributed by atoms with E-state index in [2.05, 4.69) is 0 Å². The summed E-state index contributed by atoms with van der Waals surface area (Å²) in [5.74, 6) is -103. The molecule has 0 aliphatic heterocycles. The summed E-state index contributed by atoms with van der Waals surface area (Å²) < 4.78 is 359. The Morgan fingerprint density at radius 2 is 0.535 bits per heavy atom. The highest BCUT2D eigenvalue weighted by Gasteiger charge is 3.00. The molecule has 4 nitrogen and oxygen atoms in total. The molecule has 0 saturated carbocycles. The second kappa shape index (κ2) is 9.66. The largest absolute Gasteiger partial charge is 0.438 e. The molecule has 30 heteroatoms. The van der Waals surface area contributed by atoms with Gasteiger partial charge >= 0.3 is 86.6 Å². The Balaban J connectivity index is 7.53. The van der Waals surface area contributed by atoms with Gasteiger partial charge in [-0.25, -0.2) is 0 Å². The molecule has 0 aromatic heterocycles. The quantitative estimate of drug-likeness (QED) is 0.127. The maximum Gasteiger partial charge on any atom is 0.438 e. The predicted octanol–water partition coefficient (Wildman–Crippen LogP) is 6.95. The lowest BCUT2D eigenvalue weighted by atomic mass is 9.84. The molecule has 0 aliphatic rings. The zero-order valence-corrected chi connectivity index (χ0v) is 18.8. The van der Waals surface area contributed by atoms with Crippen LogP contribution in [-0.2, 0) is 14.9 Å². The highest BCUT2D eigenvalue weighted by atomic mass is 32.2. The lowest BCUT2D eigenvalue weighted by molar-refractivity contribution is -0.476. The van der Waals surface area contributed by atoms with Crippen LogP contribution in [0.3, 0.4) is 0 Å². The van der Waals surface area contributed by atoms with E-state index in [4.69, 9.17) is 4.55 Å². The van der Waals surface area contributed by atoms with Crippen molar-refractivity contribution in [2.75, 3.05) is 0 Å². The zero-order valence-electron chi connectivity index (χ0n) is 18.0. The number of hydrogen-bond donors (Lipinski definition) is 1. The van der Waals surface area contributed by atoms with Gasteiger partial charge in [0.15, 0.2) is 0 Å². The number of hydrogen-bond acceptors (Lipinski definition) is 3. The first-order valence-corrected chi connectivity index (χ1v) is 10.1. The SMILES string of the molecule is O=C(F)C(F)(F)C(F)(F)C(F)(F)C(F)(F)C(F)(F)C(F)(F)C(F)(F)C(F)(F)C(F)(F)C(F)(F)C(F)(F)C(F)(F)S(=O)(=O)O. The number of carbonyl (C=O) groups excluding carboxylic acids is 1. The highest BCUT2D eigenvalue weighted by molar-refractivity contribution is 7.87. The van der Waals surface area contributed by atoms with Crippen molar-refractivity contribution in [3.63, 3.8) is 0 Å². The van der Waals surface area contributed by atoms with E-state index in [0.717, 1.165) is 0 Å². The molecule has 0 fully saturated rings. The Kier molecular flexibility index (Phi) is 9.18. The Bertz CT molecular complexity index is 1200. The van der Waals surface area contributed by atoms with Crippen LogP contribution in [0.4, 0.5) is 110 Å². The van der Waals surface area contributed by atoms with Gasteiger partial charge in [-0.05, 0) is 0 Å². The molecule has 0 rings (SSSR count). The monoisotopic (exact) mass is 728 g/mol. The van der Waals surface area contributed by atoms with Crippen molar-refractivity contribution in [3.8, 4) is 0 Å². The second-order valence-corrected chi connectivity index (χ2v) is 9.05. The van der Waals surface area contributed by atoms with Crippen LogP contribution in [0, 0.1) is 0 Å². The first-order chi connectivity index (χ1) is 17.9. The molecular weight excluding hydrogens is 727 g/mol. The van der Waals surface area contributed by atoms with Gasteiger partial charge < -0.3 is 0 Å². The molecule has 0 bridgehead atoms. The van der Waals surface area contributed by atoms with Crippen molar-refractivity contribution < 1.29 is 128 Å². The molecule has 0 amide bonds. The highest BCUT2D eigenvalue weighted by Crippen LogP contribution is 2.67. The van der Waals surface area contributed by atoms with E-state index in [1.165, 1.54) is 0 Å². The van der Waals surface area contributed by atoms with Crippen molar-refractivity contribution in [1.29, 1.82) is 0 Å². The number of alkyl halides is 24. The fraction of sp³-hybridized carbons (Fsp3) is 0.923. The van der Waals surface area contributed by atoms with Crippen LogP contribution < -0.4 is 0 Å². The molecule has 0 saturated heterocycles. The third-order valence-electron chi connectivity index (χ3n) is 4.88. The Labute approximate surface area is 215 Å². The van der Waals surface area contributed by atoms with Gasteiger partial charge in [0.05, 0.1) is 0 Å². The topological polar surface area (TPSA) is 71.4 Å². The number of rotatable bonds is 13. The van der Waals surface area contributed by atoms with Gasteiger partial charge in [-0.15, -0.1) is 0 Å². The first-order valence-electron chi connectivity index (χ1n) is 8.65. The van der Waals surface area contributed by atoms with Crippen LogP contribution in [0.15, 0.2) is 0 Å². The summed E-state index contributed by atoms with van der Waals surface area (Å²) in [7, 11) is -8.27. The van der Waals surface area contributed by atoms with E-state index >= 15 is 0 Å². The number of halogens is 25. The normalized spacial score (nSPS) is 16.9. The van der Waals surface area contributed by atoms with Gasteiger partial charge in [-0.1, -0.05) is 0 Å². The van der Waals surface area contributed by atoms with Crippen LogP contribution in [0.1, 0.15) is 0 Å². The summed E-state index contributed by atoms with van der Waals surface area (Å²) in [6.07, 6.45) is 0. The average Bonchev–Trinajstić information content (AvgIpc) is 2.76. The van der Waals surface area contributed by atoms with Crippen molar-refractivity contribution in [3.05, 3.63) is 0 Å². The van der Waals surface area contributed by atoms with Gasteiger partial charge in [0.25, 0.3) is 0 Å². The molecule has 0 aromatic rings. The molecule has 0 heterocycles. The third-order valence-corrected chi connectivity index (χ3v) is 5.78. The van der Waals surface area contributed by atoms with Gasteiger partial charge in [0.2, 0.25) is 0 Å². The molecule has 1 N–H and O–H groups in total. The fourth-order valence-corrected chi connectivity index (χ4v) is 2.69. The smallest absolute Gasteiger partial charge is 0.281 e. The van der Waals surface area contributed by atoms with Crippen LogP contribution in [0.5, 0.6) is 0 Å². The summed E-state index contributed by atoms with van der Waals surface area (Å²) in [4.78, 5) is 9.69. The minimum Gasteiger partial charge on any atom is -0.281 e. The average molecular weight is 728 g/mol. The van der Waals surface area contributed by atoms with Crippen LogP contribution in [-0.4, -0.2) is 89.4 Å². The molecule has 43 heavy (non-hydrogen) atoms. The summed E-state index contributed by atoms with van der Waals surface area (Å²) in [6.45, 7) is 0. The summed E-state index contributed by atoms with van der Waals surface area (Å²) in [5.41, 5.74) is 0. The van der Waals surface area contributed by atoms with Gasteiger partial charge in [0.1, 0.15) is 0 Å². The maximum atomic E-state index is 13.6. The van der Waals surface area contributed by atoms with E-state index in [9.17, 15) is 123 Å². The van der Waals surface area contributed by atoms with Gasteiger partial charge in [-0.2, -0.15) is 118 Å². The van der Waals surface area contributed by atoms with E-state index in [0.29, 0.717) is 0 Å². The lowest BCUT2D eigenvalue weighted by Gasteiger charge is -2.45. The first kappa shape index (κ1) is 40.8. The molecule has 0 atom stereocenters. The predicted molar refractivity (Wildman–Crippen MR) is 77.0 cm³/mol. The summed E-state index contributed by atoms with van der Waals surface area (Å²) in [5, 5.41) is -8.25. The van der Waals surface area contributed by atoms with Crippen molar-refractivity contribution in [1.82, 2.24) is 0 Å². The number of carbonyl (C=O) groups is 1. The van der Waals surface area contributed by atoms with E-state index in [-0.39, 0.29) is 0 Å². The van der Waals surface area contributed by atoms with Gasteiger partial charge in [-0.3, -0.25) is 9.35 Å². The van der Waals surface area contributed by atoms with Crippen LogP contribution in [0.2, 0.25) is 0 Å². The molecule has 258 valence electrons. The summed E-state index contributed by atoms with van der Waals surface area (Å²) in [6, 6.07) is -5.20. The third kappa shape index (κ3) is 4.56. The van der Waals surface area contributed by atoms with E-state index in [1.807, 2.05) is 0 Å².